The van der Waals surface area contributed by atoms with Gasteiger partial charge >= 0.3 is 0 Å². The van der Waals surface area contributed by atoms with Crippen LogP contribution in [0.3, 0.4) is 0 Å². The van der Waals surface area contributed by atoms with Gasteiger partial charge < -0.3 is 14.8 Å². The van der Waals surface area contributed by atoms with Gasteiger partial charge in [0, 0.05) is 6.54 Å². The summed E-state index contributed by atoms with van der Waals surface area (Å²) in [4.78, 5) is 0. The van der Waals surface area contributed by atoms with Crippen LogP contribution in [0.5, 0.6) is 11.5 Å². The molecule has 30 heavy (non-hydrogen) atoms. The Balaban J connectivity index is 1.61. The Labute approximate surface area is 182 Å². The van der Waals surface area contributed by atoms with Crippen molar-refractivity contribution in [2.24, 2.45) is 0 Å². The Morgan fingerprint density at radius 2 is 1.73 bits per heavy atom. The van der Waals surface area contributed by atoms with Crippen molar-refractivity contribution in [2.75, 3.05) is 13.2 Å². The number of nitrogens with one attached hydrogen (secondary N) is 1. The zero-order valence-corrected chi connectivity index (χ0v) is 18.1. The highest BCUT2D eigenvalue weighted by molar-refractivity contribution is 6.32. The first-order valence-electron chi connectivity index (χ1n) is 10.1. The van der Waals surface area contributed by atoms with E-state index in [1.165, 1.54) is 17.7 Å². The number of hydrogen-bond donors (Lipinski definition) is 1. The molecule has 3 aromatic rings. The zero-order valence-electron chi connectivity index (χ0n) is 17.4. The van der Waals surface area contributed by atoms with E-state index < -0.39 is 0 Å². The van der Waals surface area contributed by atoms with Crippen molar-refractivity contribution in [1.29, 1.82) is 0 Å². The number of hydrogen-bond acceptors (Lipinski definition) is 3. The summed E-state index contributed by atoms with van der Waals surface area (Å²) in [5.41, 5.74) is 4.40. The molecule has 0 aromatic heterocycles. The van der Waals surface area contributed by atoms with E-state index >= 15 is 0 Å². The molecular weight excluding hydrogens is 401 g/mol. The standard InChI is InChI=1S/C25H27ClFNO2/c1-3-29-24-15-20(16-28-13-12-19-8-10-22(27)11-9-19)14-23(26)25(24)30-17-21-7-5-4-6-18(21)2/h4-11,14-15,28H,3,12-13,16-17H2,1-2H3. The van der Waals surface area contributed by atoms with Gasteiger partial charge in [0.15, 0.2) is 11.5 Å². The zero-order chi connectivity index (χ0) is 21.3. The molecule has 5 heteroatoms. The van der Waals surface area contributed by atoms with E-state index in [0.717, 1.165) is 29.7 Å². The van der Waals surface area contributed by atoms with Crippen LogP contribution in [0.4, 0.5) is 4.39 Å². The van der Waals surface area contributed by atoms with Crippen LogP contribution in [-0.4, -0.2) is 13.2 Å². The molecule has 0 aliphatic heterocycles. The number of rotatable bonds is 10. The van der Waals surface area contributed by atoms with Crippen molar-refractivity contribution >= 4 is 11.6 Å². The average Bonchev–Trinajstić information content (AvgIpc) is 2.73. The maximum Gasteiger partial charge on any atom is 0.180 e. The predicted octanol–water partition coefficient (Wildman–Crippen LogP) is 6.10. The maximum atomic E-state index is 13.0. The lowest BCUT2D eigenvalue weighted by atomic mass is 10.1. The molecule has 0 aliphatic rings. The van der Waals surface area contributed by atoms with E-state index in [-0.39, 0.29) is 5.82 Å². The van der Waals surface area contributed by atoms with Crippen LogP contribution in [0.2, 0.25) is 5.02 Å². The fourth-order valence-corrected chi connectivity index (χ4v) is 3.45. The first-order chi connectivity index (χ1) is 14.6. The highest BCUT2D eigenvalue weighted by atomic mass is 35.5. The molecule has 0 amide bonds. The topological polar surface area (TPSA) is 30.5 Å². The molecule has 0 saturated carbocycles. The van der Waals surface area contributed by atoms with Gasteiger partial charge in [-0.05, 0) is 73.3 Å². The molecule has 0 unspecified atom stereocenters. The van der Waals surface area contributed by atoms with E-state index in [1.54, 1.807) is 0 Å². The van der Waals surface area contributed by atoms with Crippen molar-refractivity contribution in [2.45, 2.75) is 33.4 Å². The molecule has 0 fully saturated rings. The SMILES string of the molecule is CCOc1cc(CNCCc2ccc(F)cc2)cc(Cl)c1OCc1ccccc1C. The molecule has 3 nitrogen and oxygen atoms in total. The molecule has 0 saturated heterocycles. The summed E-state index contributed by atoms with van der Waals surface area (Å²) >= 11 is 6.53. The lowest BCUT2D eigenvalue weighted by Crippen LogP contribution is -2.17. The van der Waals surface area contributed by atoms with Gasteiger partial charge in [-0.1, -0.05) is 48.0 Å². The van der Waals surface area contributed by atoms with Crippen LogP contribution >= 0.6 is 11.6 Å². The highest BCUT2D eigenvalue weighted by Crippen LogP contribution is 2.37. The van der Waals surface area contributed by atoms with Crippen LogP contribution in [0.1, 0.15) is 29.2 Å². The van der Waals surface area contributed by atoms with Crippen LogP contribution < -0.4 is 14.8 Å². The summed E-state index contributed by atoms with van der Waals surface area (Å²) in [6, 6.07) is 18.6. The second kappa shape index (κ2) is 11.0. The van der Waals surface area contributed by atoms with Gasteiger partial charge in [0.1, 0.15) is 12.4 Å². The van der Waals surface area contributed by atoms with Crippen molar-refractivity contribution < 1.29 is 13.9 Å². The second-order valence-electron chi connectivity index (χ2n) is 7.11. The fraction of sp³-hybridized carbons (Fsp3) is 0.280. The van der Waals surface area contributed by atoms with Gasteiger partial charge in [-0.2, -0.15) is 0 Å². The Hall–Kier alpha value is -2.56. The smallest absolute Gasteiger partial charge is 0.180 e. The van der Waals surface area contributed by atoms with Crippen molar-refractivity contribution in [3.8, 4) is 11.5 Å². The predicted molar refractivity (Wildman–Crippen MR) is 120 cm³/mol. The first-order valence-corrected chi connectivity index (χ1v) is 10.5. The summed E-state index contributed by atoms with van der Waals surface area (Å²) in [6.45, 7) is 6.38. The molecule has 0 heterocycles. The summed E-state index contributed by atoms with van der Waals surface area (Å²) in [5.74, 6) is 1.00. The van der Waals surface area contributed by atoms with Crippen LogP contribution in [-0.2, 0) is 19.6 Å². The monoisotopic (exact) mass is 427 g/mol. The molecule has 0 aliphatic carbocycles. The normalized spacial score (nSPS) is 10.8. The van der Waals surface area contributed by atoms with E-state index in [4.69, 9.17) is 21.1 Å². The Morgan fingerprint density at radius 3 is 2.47 bits per heavy atom. The molecule has 0 bridgehead atoms. The molecule has 3 rings (SSSR count). The third-order valence-corrected chi connectivity index (χ3v) is 5.12. The van der Waals surface area contributed by atoms with E-state index in [0.29, 0.717) is 36.3 Å². The summed E-state index contributed by atoms with van der Waals surface area (Å²) in [5, 5.41) is 3.93. The van der Waals surface area contributed by atoms with Crippen molar-refractivity contribution in [1.82, 2.24) is 5.32 Å². The minimum absolute atomic E-state index is 0.213. The summed E-state index contributed by atoms with van der Waals surface area (Å²) < 4.78 is 24.8. The third kappa shape index (κ3) is 6.22. The quantitative estimate of drug-likeness (QED) is 0.397. The van der Waals surface area contributed by atoms with Gasteiger partial charge in [0.2, 0.25) is 0 Å². The van der Waals surface area contributed by atoms with Crippen LogP contribution in [0.15, 0.2) is 60.7 Å². The number of ether oxygens (including phenoxy) is 2. The lowest BCUT2D eigenvalue weighted by molar-refractivity contribution is 0.269. The molecule has 0 radical (unpaired) electrons. The molecule has 158 valence electrons. The van der Waals surface area contributed by atoms with Gasteiger partial charge in [0.05, 0.1) is 11.6 Å². The number of halogens is 2. The van der Waals surface area contributed by atoms with Gasteiger partial charge in [-0.25, -0.2) is 4.39 Å². The van der Waals surface area contributed by atoms with Crippen molar-refractivity contribution in [3.05, 3.63) is 93.8 Å². The Morgan fingerprint density at radius 1 is 0.967 bits per heavy atom. The fourth-order valence-electron chi connectivity index (χ4n) is 3.16. The minimum Gasteiger partial charge on any atom is -0.490 e. The second-order valence-corrected chi connectivity index (χ2v) is 7.51. The van der Waals surface area contributed by atoms with Crippen LogP contribution in [0, 0.1) is 12.7 Å². The molecule has 1 N–H and O–H groups in total. The minimum atomic E-state index is -0.213. The molecule has 0 atom stereocenters. The number of aryl methyl sites for hydroxylation is 1. The van der Waals surface area contributed by atoms with Crippen molar-refractivity contribution in [3.63, 3.8) is 0 Å². The average molecular weight is 428 g/mol. The maximum absolute atomic E-state index is 13.0. The van der Waals surface area contributed by atoms with E-state index in [1.807, 2.05) is 49.4 Å². The molecule has 0 spiro atoms. The van der Waals surface area contributed by atoms with Gasteiger partial charge in [-0.3, -0.25) is 0 Å². The first kappa shape index (κ1) is 22.1. The highest BCUT2D eigenvalue weighted by Gasteiger charge is 2.13. The van der Waals surface area contributed by atoms with Gasteiger partial charge in [0.25, 0.3) is 0 Å². The third-order valence-electron chi connectivity index (χ3n) is 4.84. The summed E-state index contributed by atoms with van der Waals surface area (Å²) in [7, 11) is 0. The lowest BCUT2D eigenvalue weighted by Gasteiger charge is -2.16. The summed E-state index contributed by atoms with van der Waals surface area (Å²) in [6.07, 6.45) is 0.823. The Bertz CT molecular complexity index is 960. The van der Waals surface area contributed by atoms with E-state index in [9.17, 15) is 4.39 Å². The van der Waals surface area contributed by atoms with E-state index in [2.05, 4.69) is 18.3 Å². The number of benzene rings is 3. The molecular formula is C25H27ClFNO2. The molecule has 3 aromatic carbocycles. The Kier molecular flexibility index (Phi) is 8.12. The van der Waals surface area contributed by atoms with Gasteiger partial charge in [-0.15, -0.1) is 0 Å². The van der Waals surface area contributed by atoms with Crippen LogP contribution in [0.25, 0.3) is 0 Å². The largest absolute Gasteiger partial charge is 0.490 e.